The number of carbonyl (C=O) groups is 1. The summed E-state index contributed by atoms with van der Waals surface area (Å²) < 4.78 is 5.64. The molecule has 1 amide bonds. The lowest BCUT2D eigenvalue weighted by atomic mass is 9.85. The first-order valence-electron chi connectivity index (χ1n) is 10.2. The second-order valence-corrected chi connectivity index (χ2v) is 7.54. The smallest absolute Gasteiger partial charge is 0.227 e. The molecular weight excluding hydrogens is 467 g/mol. The minimum atomic E-state index is 0. The number of rotatable bonds is 10. The van der Waals surface area contributed by atoms with Crippen LogP contribution in [0.3, 0.4) is 0 Å². The maximum Gasteiger partial charge on any atom is 0.227 e. The first-order chi connectivity index (χ1) is 13.2. The van der Waals surface area contributed by atoms with Gasteiger partial charge in [-0.2, -0.15) is 0 Å². The van der Waals surface area contributed by atoms with Crippen molar-refractivity contribution in [2.24, 2.45) is 16.8 Å². The van der Waals surface area contributed by atoms with Crippen LogP contribution in [0.2, 0.25) is 0 Å². The highest BCUT2D eigenvalue weighted by Crippen LogP contribution is 2.29. The Kier molecular flexibility index (Phi) is 10.0. The van der Waals surface area contributed by atoms with Gasteiger partial charge in [-0.15, -0.1) is 24.0 Å². The van der Waals surface area contributed by atoms with Crippen molar-refractivity contribution < 1.29 is 9.53 Å². The van der Waals surface area contributed by atoms with Crippen molar-refractivity contribution in [1.29, 1.82) is 0 Å². The number of guanidine groups is 1. The number of hydrogen-bond donors (Lipinski definition) is 3. The topological polar surface area (TPSA) is 74.8 Å². The van der Waals surface area contributed by atoms with E-state index in [2.05, 4.69) is 20.9 Å². The van der Waals surface area contributed by atoms with E-state index in [9.17, 15) is 4.79 Å². The van der Waals surface area contributed by atoms with Crippen molar-refractivity contribution in [2.45, 2.75) is 45.1 Å². The third kappa shape index (κ3) is 7.95. The molecule has 1 aromatic carbocycles. The number of hydrogen-bond acceptors (Lipinski definition) is 3. The van der Waals surface area contributed by atoms with Crippen molar-refractivity contribution in [3.63, 3.8) is 0 Å². The van der Waals surface area contributed by atoms with Gasteiger partial charge in [0, 0.05) is 45.0 Å². The molecule has 1 aromatic rings. The molecule has 0 bridgehead atoms. The van der Waals surface area contributed by atoms with Gasteiger partial charge in [-0.1, -0.05) is 18.6 Å². The zero-order valence-electron chi connectivity index (χ0n) is 16.7. The van der Waals surface area contributed by atoms with Crippen LogP contribution >= 0.6 is 24.0 Å². The summed E-state index contributed by atoms with van der Waals surface area (Å²) in [6.45, 7) is 3.21. The minimum Gasteiger partial charge on any atom is -0.381 e. The second kappa shape index (κ2) is 12.3. The van der Waals surface area contributed by atoms with Crippen LogP contribution in [0.5, 0.6) is 0 Å². The van der Waals surface area contributed by atoms with E-state index in [1.54, 1.807) is 7.05 Å². The van der Waals surface area contributed by atoms with E-state index in [1.165, 1.54) is 19.3 Å². The van der Waals surface area contributed by atoms with Gasteiger partial charge in [0.05, 0.1) is 0 Å². The molecule has 0 aliphatic heterocycles. The normalized spacial score (nSPS) is 16.7. The maximum absolute atomic E-state index is 12.1. The van der Waals surface area contributed by atoms with Gasteiger partial charge >= 0.3 is 0 Å². The zero-order chi connectivity index (χ0) is 18.9. The number of nitrogens with zero attached hydrogens (tertiary/aromatic N) is 1. The first kappa shape index (κ1) is 22.9. The number of carbonyl (C=O) groups excluding carboxylic acids is 1. The lowest BCUT2D eigenvalue weighted by Crippen LogP contribution is -2.37. The van der Waals surface area contributed by atoms with Gasteiger partial charge in [0.15, 0.2) is 5.96 Å². The molecule has 0 aromatic heterocycles. The molecule has 156 valence electrons. The Morgan fingerprint density at radius 1 is 1.21 bits per heavy atom. The van der Waals surface area contributed by atoms with Gasteiger partial charge in [0.1, 0.15) is 0 Å². The lowest BCUT2D eigenvalue weighted by Gasteiger charge is -2.24. The first-order valence-corrected chi connectivity index (χ1v) is 10.2. The Labute approximate surface area is 185 Å². The Balaban J connectivity index is 0.00000280. The van der Waals surface area contributed by atoms with Crippen LogP contribution in [-0.4, -0.2) is 38.7 Å². The molecule has 2 saturated carbocycles. The van der Waals surface area contributed by atoms with Crippen LogP contribution in [-0.2, 0) is 16.1 Å². The summed E-state index contributed by atoms with van der Waals surface area (Å²) >= 11 is 0. The number of benzene rings is 1. The summed E-state index contributed by atoms with van der Waals surface area (Å²) in [6, 6.07) is 7.98. The molecule has 0 atom stereocenters. The van der Waals surface area contributed by atoms with E-state index >= 15 is 0 Å². The molecule has 2 aliphatic rings. The summed E-state index contributed by atoms with van der Waals surface area (Å²) in [4.78, 5) is 16.3. The number of anilines is 1. The number of ether oxygens (including phenoxy) is 1. The molecule has 0 heterocycles. The third-order valence-electron chi connectivity index (χ3n) is 5.16. The number of aliphatic imine (C=N–C) groups is 1. The Bertz CT molecular complexity index is 645. The van der Waals surface area contributed by atoms with Crippen LogP contribution in [0.25, 0.3) is 0 Å². The summed E-state index contributed by atoms with van der Waals surface area (Å²) in [7, 11) is 1.77. The standard InChI is InChI=1S/C21H32N4O2.HI/c1-22-21(23-11-4-12-27-15-16-9-10-16)24-14-17-5-2-8-19(13-17)25-20(26)18-6-3-7-18;/h2,5,8,13,16,18H,3-4,6-7,9-12,14-15H2,1H3,(H,25,26)(H2,22,23,24);1H. The third-order valence-corrected chi connectivity index (χ3v) is 5.16. The fourth-order valence-corrected chi connectivity index (χ4v) is 3.00. The van der Waals surface area contributed by atoms with E-state index in [0.717, 1.165) is 62.1 Å². The highest BCUT2D eigenvalue weighted by molar-refractivity contribution is 14.0. The van der Waals surface area contributed by atoms with Gasteiger partial charge < -0.3 is 20.7 Å². The van der Waals surface area contributed by atoms with Gasteiger partial charge in [-0.3, -0.25) is 9.79 Å². The van der Waals surface area contributed by atoms with Gasteiger partial charge in [0.25, 0.3) is 0 Å². The van der Waals surface area contributed by atoms with Crippen molar-refractivity contribution in [3.05, 3.63) is 29.8 Å². The minimum absolute atomic E-state index is 0. The van der Waals surface area contributed by atoms with E-state index in [0.29, 0.717) is 6.54 Å². The summed E-state index contributed by atoms with van der Waals surface area (Å²) in [6.07, 6.45) is 6.83. The van der Waals surface area contributed by atoms with Crippen LogP contribution in [0.4, 0.5) is 5.69 Å². The van der Waals surface area contributed by atoms with Crippen LogP contribution < -0.4 is 16.0 Å². The molecule has 2 fully saturated rings. The largest absolute Gasteiger partial charge is 0.381 e. The fourth-order valence-electron chi connectivity index (χ4n) is 3.00. The lowest BCUT2D eigenvalue weighted by molar-refractivity contribution is -0.122. The van der Waals surface area contributed by atoms with E-state index < -0.39 is 0 Å². The monoisotopic (exact) mass is 500 g/mol. The van der Waals surface area contributed by atoms with Crippen molar-refractivity contribution >= 4 is 41.5 Å². The number of nitrogens with one attached hydrogen (secondary N) is 3. The summed E-state index contributed by atoms with van der Waals surface area (Å²) in [5, 5.41) is 9.65. The Morgan fingerprint density at radius 3 is 2.71 bits per heavy atom. The molecule has 0 unspecified atom stereocenters. The number of halogens is 1. The molecule has 0 radical (unpaired) electrons. The maximum atomic E-state index is 12.1. The highest BCUT2D eigenvalue weighted by atomic mass is 127. The van der Waals surface area contributed by atoms with E-state index in [1.807, 2.05) is 24.3 Å². The van der Waals surface area contributed by atoms with Gasteiger partial charge in [-0.25, -0.2) is 0 Å². The molecule has 2 aliphatic carbocycles. The van der Waals surface area contributed by atoms with Gasteiger partial charge in [0.2, 0.25) is 5.91 Å². The molecular formula is C21H33IN4O2. The Morgan fingerprint density at radius 2 is 2.04 bits per heavy atom. The molecule has 7 heteroatoms. The predicted octanol–water partition coefficient (Wildman–Crippen LogP) is 3.52. The highest BCUT2D eigenvalue weighted by Gasteiger charge is 2.25. The fraction of sp³-hybridized carbons (Fsp3) is 0.619. The summed E-state index contributed by atoms with van der Waals surface area (Å²) in [5.74, 6) is 1.94. The molecule has 3 N–H and O–H groups in total. The number of amides is 1. The van der Waals surface area contributed by atoms with Crippen molar-refractivity contribution in [2.75, 3.05) is 32.1 Å². The summed E-state index contributed by atoms with van der Waals surface area (Å²) in [5.41, 5.74) is 1.97. The Hall–Kier alpha value is -1.35. The van der Waals surface area contributed by atoms with Crippen LogP contribution in [0, 0.1) is 11.8 Å². The molecule has 0 saturated heterocycles. The van der Waals surface area contributed by atoms with E-state index in [4.69, 9.17) is 4.74 Å². The molecule has 3 rings (SSSR count). The van der Waals surface area contributed by atoms with Crippen molar-refractivity contribution in [1.82, 2.24) is 10.6 Å². The molecule has 6 nitrogen and oxygen atoms in total. The average molecular weight is 500 g/mol. The quantitative estimate of drug-likeness (QED) is 0.199. The van der Waals surface area contributed by atoms with Crippen LogP contribution in [0.1, 0.15) is 44.1 Å². The molecule has 0 spiro atoms. The SMILES string of the molecule is CN=C(NCCCOCC1CC1)NCc1cccc(NC(=O)C2CCC2)c1.I. The average Bonchev–Trinajstić information content (AvgIpc) is 3.43. The van der Waals surface area contributed by atoms with Crippen LogP contribution in [0.15, 0.2) is 29.3 Å². The van der Waals surface area contributed by atoms with E-state index in [-0.39, 0.29) is 35.8 Å². The predicted molar refractivity (Wildman–Crippen MR) is 124 cm³/mol. The van der Waals surface area contributed by atoms with Gasteiger partial charge in [-0.05, 0) is 55.7 Å². The molecule has 28 heavy (non-hydrogen) atoms. The second-order valence-electron chi connectivity index (χ2n) is 7.54. The zero-order valence-corrected chi connectivity index (χ0v) is 19.0. The van der Waals surface area contributed by atoms with Crippen molar-refractivity contribution in [3.8, 4) is 0 Å².